The Morgan fingerprint density at radius 2 is 1.90 bits per heavy atom. The van der Waals surface area contributed by atoms with E-state index in [4.69, 9.17) is 5.41 Å². The van der Waals surface area contributed by atoms with Gasteiger partial charge in [-0.05, 0) is 59.9 Å². The molecule has 3 aromatic rings. The second-order valence-electron chi connectivity index (χ2n) is 8.39. The van der Waals surface area contributed by atoms with Gasteiger partial charge in [-0.1, -0.05) is 30.3 Å². The summed E-state index contributed by atoms with van der Waals surface area (Å²) in [5.41, 5.74) is 3.75. The lowest BCUT2D eigenvalue weighted by atomic mass is 9.76. The quantitative estimate of drug-likeness (QED) is 0.649. The van der Waals surface area contributed by atoms with Gasteiger partial charge in [0, 0.05) is 29.9 Å². The van der Waals surface area contributed by atoms with Gasteiger partial charge in [0.15, 0.2) is 5.96 Å². The lowest BCUT2D eigenvalue weighted by Crippen LogP contribution is -2.62. The first-order valence-corrected chi connectivity index (χ1v) is 11.1. The van der Waals surface area contributed by atoms with E-state index in [1.807, 2.05) is 25.3 Å². The number of benzene rings is 1. The molecule has 5 nitrogen and oxygen atoms in total. The number of amides is 1. The highest BCUT2D eigenvalue weighted by molar-refractivity contribution is 7.10. The zero-order valence-electron chi connectivity index (χ0n) is 17.1. The van der Waals surface area contributed by atoms with E-state index in [2.05, 4.69) is 46.0 Å². The average Bonchev–Trinajstić information content (AvgIpc) is 3.48. The number of carbonyl (C=O) groups is 1. The molecule has 1 saturated heterocycles. The third-order valence-corrected chi connectivity index (χ3v) is 7.46. The van der Waals surface area contributed by atoms with E-state index < -0.39 is 11.5 Å². The fraction of sp³-hybridized carbons (Fsp3) is 0.292. The first-order valence-electron chi connectivity index (χ1n) is 10.2. The maximum Gasteiger partial charge on any atom is 0.239 e. The zero-order chi connectivity index (χ0) is 20.9. The van der Waals surface area contributed by atoms with Crippen LogP contribution in [0.25, 0.3) is 11.1 Å². The molecule has 2 aliphatic rings. The molecule has 1 saturated carbocycles. The van der Waals surface area contributed by atoms with E-state index >= 15 is 0 Å². The van der Waals surface area contributed by atoms with E-state index in [-0.39, 0.29) is 11.9 Å². The molecular formula is C24H24N4OS. The number of likely N-dealkylation sites (N-methyl/N-ethyl adjacent to an activating group) is 1. The molecule has 2 fully saturated rings. The van der Waals surface area contributed by atoms with Gasteiger partial charge in [-0.15, -0.1) is 11.3 Å². The molecule has 0 bridgehead atoms. The van der Waals surface area contributed by atoms with Crippen LogP contribution in [0.4, 0.5) is 0 Å². The van der Waals surface area contributed by atoms with Crippen molar-refractivity contribution in [2.75, 3.05) is 7.05 Å². The smallest absolute Gasteiger partial charge is 0.239 e. The monoisotopic (exact) mass is 416 g/mol. The van der Waals surface area contributed by atoms with Crippen molar-refractivity contribution in [1.82, 2.24) is 15.2 Å². The lowest BCUT2D eigenvalue weighted by molar-refractivity contribution is -0.131. The molecule has 2 aromatic heterocycles. The number of rotatable bonds is 4. The van der Waals surface area contributed by atoms with Gasteiger partial charge in [0.05, 0.1) is 11.5 Å². The number of guanidine groups is 1. The van der Waals surface area contributed by atoms with Crippen molar-refractivity contribution < 1.29 is 4.79 Å². The molecule has 5 rings (SSSR count). The van der Waals surface area contributed by atoms with Crippen LogP contribution in [-0.2, 0) is 10.3 Å². The minimum atomic E-state index is -0.701. The predicted octanol–water partition coefficient (Wildman–Crippen LogP) is 4.68. The molecule has 1 amide bonds. The summed E-state index contributed by atoms with van der Waals surface area (Å²) in [6.45, 7) is 2.03. The first kappa shape index (κ1) is 19.0. The summed E-state index contributed by atoms with van der Waals surface area (Å²) in [5, 5.41) is 13.8. The van der Waals surface area contributed by atoms with Gasteiger partial charge < -0.3 is 5.32 Å². The van der Waals surface area contributed by atoms with Crippen molar-refractivity contribution in [2.24, 2.45) is 0 Å². The summed E-state index contributed by atoms with van der Waals surface area (Å²) in [7, 11) is 1.66. The number of nitrogens with one attached hydrogen (secondary N) is 2. The van der Waals surface area contributed by atoms with Crippen molar-refractivity contribution >= 4 is 23.2 Å². The molecular weight excluding hydrogens is 392 g/mol. The number of aromatic nitrogens is 1. The third-order valence-electron chi connectivity index (χ3n) is 6.29. The van der Waals surface area contributed by atoms with E-state index in [0.29, 0.717) is 5.92 Å². The Balaban J connectivity index is 1.57. The number of carbonyl (C=O) groups excluding carboxylic acids is 1. The van der Waals surface area contributed by atoms with Crippen LogP contribution >= 0.6 is 11.3 Å². The van der Waals surface area contributed by atoms with Crippen LogP contribution in [0.1, 0.15) is 47.6 Å². The number of pyridine rings is 1. The molecule has 1 aliphatic heterocycles. The summed E-state index contributed by atoms with van der Waals surface area (Å²) in [5.74, 6) is 0.340. The molecule has 1 aliphatic carbocycles. The molecule has 152 valence electrons. The summed E-state index contributed by atoms with van der Waals surface area (Å²) in [6, 6.07) is 14.6. The standard InChI is InChI=1S/C24H24N4OS/c1-24(20-12-19(14-30-20)18-4-3-11-26-13-18)21(22(29)28(2)23(25)27-24)17-9-7-16(8-10-17)15-5-6-15/h3-4,7-15,21H,5-6H2,1-2H3,(H2,25,27)/t21-,24+/m0/s1. The third kappa shape index (κ3) is 3.12. The van der Waals surface area contributed by atoms with Crippen molar-refractivity contribution in [1.29, 1.82) is 5.41 Å². The Morgan fingerprint density at radius 3 is 2.57 bits per heavy atom. The Bertz CT molecular complexity index is 1100. The molecule has 0 spiro atoms. The topological polar surface area (TPSA) is 69.1 Å². The molecule has 0 unspecified atom stereocenters. The number of hydrogen-bond acceptors (Lipinski definition) is 4. The van der Waals surface area contributed by atoms with Crippen molar-refractivity contribution in [3.8, 4) is 11.1 Å². The summed E-state index contributed by atoms with van der Waals surface area (Å²) in [6.07, 6.45) is 6.12. The molecule has 2 N–H and O–H groups in total. The number of thiophene rings is 1. The van der Waals surface area contributed by atoms with Gasteiger partial charge in [-0.2, -0.15) is 0 Å². The molecule has 0 radical (unpaired) electrons. The van der Waals surface area contributed by atoms with E-state index in [1.54, 1.807) is 24.6 Å². The fourth-order valence-electron chi connectivity index (χ4n) is 4.30. The summed E-state index contributed by atoms with van der Waals surface area (Å²) < 4.78 is 0. The molecule has 1 aromatic carbocycles. The van der Waals surface area contributed by atoms with Crippen molar-refractivity contribution in [2.45, 2.75) is 37.1 Å². The maximum absolute atomic E-state index is 13.4. The van der Waals surface area contributed by atoms with Gasteiger partial charge in [0.1, 0.15) is 0 Å². The molecule has 2 atom stereocenters. The highest BCUT2D eigenvalue weighted by atomic mass is 32.1. The SMILES string of the molecule is CN1C(=N)N[C@](C)(c2cc(-c3cccnc3)cs2)[C@@H](c2ccc(C3CC3)cc2)C1=O. The normalized spacial score (nSPS) is 24.1. The van der Waals surface area contributed by atoms with Crippen molar-refractivity contribution in [3.05, 3.63) is 76.2 Å². The average molecular weight is 417 g/mol. The Morgan fingerprint density at radius 1 is 1.17 bits per heavy atom. The van der Waals surface area contributed by atoms with Crippen LogP contribution < -0.4 is 5.32 Å². The molecule has 6 heteroatoms. The Labute approximate surface area is 180 Å². The number of hydrogen-bond donors (Lipinski definition) is 2. The van der Waals surface area contributed by atoms with Crippen LogP contribution in [0.5, 0.6) is 0 Å². The Kier molecular flexibility index (Phi) is 4.47. The van der Waals surface area contributed by atoms with E-state index in [9.17, 15) is 4.79 Å². The Hall–Kier alpha value is -2.99. The fourth-order valence-corrected chi connectivity index (χ4v) is 5.37. The highest BCUT2D eigenvalue weighted by Gasteiger charge is 2.49. The van der Waals surface area contributed by atoms with Crippen LogP contribution in [0.3, 0.4) is 0 Å². The van der Waals surface area contributed by atoms with Crippen molar-refractivity contribution in [3.63, 3.8) is 0 Å². The second kappa shape index (κ2) is 7.06. The van der Waals surface area contributed by atoms with Gasteiger partial charge in [0.25, 0.3) is 0 Å². The zero-order valence-corrected chi connectivity index (χ0v) is 17.9. The lowest BCUT2D eigenvalue weighted by Gasteiger charge is -2.45. The van der Waals surface area contributed by atoms with Gasteiger partial charge in [-0.25, -0.2) is 0 Å². The van der Waals surface area contributed by atoms with Crippen LogP contribution in [0.2, 0.25) is 0 Å². The van der Waals surface area contributed by atoms with E-state index in [1.165, 1.54) is 23.3 Å². The summed E-state index contributed by atoms with van der Waals surface area (Å²) in [4.78, 5) is 20.0. The van der Waals surface area contributed by atoms with Crippen LogP contribution in [0.15, 0.2) is 60.2 Å². The largest absolute Gasteiger partial charge is 0.345 e. The van der Waals surface area contributed by atoms with Gasteiger partial charge >= 0.3 is 0 Å². The molecule has 3 heterocycles. The van der Waals surface area contributed by atoms with Gasteiger partial charge in [-0.3, -0.25) is 20.1 Å². The van der Waals surface area contributed by atoms with Crippen LogP contribution in [0, 0.1) is 5.41 Å². The van der Waals surface area contributed by atoms with Gasteiger partial charge in [0.2, 0.25) is 5.91 Å². The maximum atomic E-state index is 13.4. The summed E-state index contributed by atoms with van der Waals surface area (Å²) >= 11 is 1.61. The van der Waals surface area contributed by atoms with Crippen LogP contribution in [-0.4, -0.2) is 28.8 Å². The minimum absolute atomic E-state index is 0.0586. The molecule has 30 heavy (non-hydrogen) atoms. The highest BCUT2D eigenvalue weighted by Crippen LogP contribution is 2.45. The number of nitrogens with zero attached hydrogens (tertiary/aromatic N) is 2. The first-order chi connectivity index (χ1) is 14.5. The minimum Gasteiger partial charge on any atom is -0.345 e. The van der Waals surface area contributed by atoms with E-state index in [0.717, 1.165) is 21.6 Å². The predicted molar refractivity (Wildman–Crippen MR) is 120 cm³/mol. The second-order valence-corrected chi connectivity index (χ2v) is 9.30.